The molecule has 0 saturated heterocycles. The molecule has 1 amide bonds. The number of hydrogen-bond donors (Lipinski definition) is 3. The van der Waals surface area contributed by atoms with Crippen LogP contribution in [0.5, 0.6) is 0 Å². The molecular formula is C12H17Br2NO4S. The minimum absolute atomic E-state index is 0.0940. The maximum atomic E-state index is 11.4. The van der Waals surface area contributed by atoms with Gasteiger partial charge in [-0.2, -0.15) is 0 Å². The summed E-state index contributed by atoms with van der Waals surface area (Å²) in [7, 11) is 0. The van der Waals surface area contributed by atoms with Crippen LogP contribution < -0.4 is 5.32 Å². The van der Waals surface area contributed by atoms with Crippen molar-refractivity contribution in [1.29, 1.82) is 0 Å². The summed E-state index contributed by atoms with van der Waals surface area (Å²) >= 11 is 7.94. The van der Waals surface area contributed by atoms with Crippen LogP contribution in [0.2, 0.25) is 0 Å². The Kier molecular flexibility index (Phi) is 6.46. The van der Waals surface area contributed by atoms with Crippen molar-refractivity contribution in [3.05, 3.63) is 19.2 Å². The van der Waals surface area contributed by atoms with E-state index >= 15 is 0 Å². The first-order chi connectivity index (χ1) is 9.10. The highest BCUT2D eigenvalue weighted by atomic mass is 79.9. The Morgan fingerprint density at radius 2 is 2.05 bits per heavy atom. The van der Waals surface area contributed by atoms with E-state index in [4.69, 9.17) is 4.74 Å². The molecule has 1 aromatic rings. The van der Waals surface area contributed by atoms with Crippen LogP contribution in [0.15, 0.2) is 14.3 Å². The summed E-state index contributed by atoms with van der Waals surface area (Å²) in [6.07, 6.45) is -2.81. The summed E-state index contributed by atoms with van der Waals surface area (Å²) in [4.78, 5) is 12.0. The molecule has 1 aromatic heterocycles. The number of carbonyl (C=O) groups excluding carboxylic acids is 1. The first-order valence-corrected chi connectivity index (χ1v) is 8.28. The van der Waals surface area contributed by atoms with Crippen molar-refractivity contribution in [2.24, 2.45) is 0 Å². The van der Waals surface area contributed by atoms with Crippen LogP contribution in [0, 0.1) is 0 Å². The minimum atomic E-state index is -1.11. The predicted molar refractivity (Wildman–Crippen MR) is 84.9 cm³/mol. The molecule has 0 aliphatic rings. The molecule has 0 radical (unpaired) electrons. The van der Waals surface area contributed by atoms with E-state index < -0.39 is 23.9 Å². The molecule has 0 fully saturated rings. The number of amides is 1. The second-order valence-corrected chi connectivity index (χ2v) is 8.42. The van der Waals surface area contributed by atoms with Gasteiger partial charge < -0.3 is 20.3 Å². The third-order valence-corrected chi connectivity index (χ3v) is 5.50. The smallest absolute Gasteiger partial charge is 0.407 e. The van der Waals surface area contributed by atoms with Gasteiger partial charge in [0.2, 0.25) is 0 Å². The van der Waals surface area contributed by atoms with Gasteiger partial charge in [0.25, 0.3) is 0 Å². The van der Waals surface area contributed by atoms with Crippen molar-refractivity contribution in [3.63, 3.8) is 0 Å². The monoisotopic (exact) mass is 429 g/mol. The van der Waals surface area contributed by atoms with E-state index in [0.717, 1.165) is 8.26 Å². The van der Waals surface area contributed by atoms with E-state index in [2.05, 4.69) is 37.2 Å². The number of thiophene rings is 1. The number of halogens is 2. The molecule has 1 rings (SSSR count). The molecular weight excluding hydrogens is 414 g/mol. The average Bonchev–Trinajstić information content (AvgIpc) is 2.63. The molecule has 114 valence electrons. The van der Waals surface area contributed by atoms with Crippen molar-refractivity contribution < 1.29 is 19.7 Å². The molecule has 0 aliphatic carbocycles. The number of aliphatic hydroxyl groups excluding tert-OH is 2. The number of carbonyl (C=O) groups is 1. The Balaban J connectivity index is 2.50. The van der Waals surface area contributed by atoms with E-state index in [-0.39, 0.29) is 6.54 Å². The molecule has 8 heteroatoms. The fourth-order valence-corrected chi connectivity index (χ4v) is 3.45. The van der Waals surface area contributed by atoms with Gasteiger partial charge in [0.05, 0.1) is 3.79 Å². The van der Waals surface area contributed by atoms with Crippen LogP contribution in [0.25, 0.3) is 0 Å². The maximum absolute atomic E-state index is 11.4. The summed E-state index contributed by atoms with van der Waals surface area (Å²) in [6, 6.07) is 1.72. The average molecular weight is 431 g/mol. The van der Waals surface area contributed by atoms with Crippen LogP contribution in [-0.2, 0) is 4.74 Å². The van der Waals surface area contributed by atoms with E-state index in [1.54, 1.807) is 26.8 Å². The number of ether oxygens (including phenoxy) is 1. The summed E-state index contributed by atoms with van der Waals surface area (Å²) in [5.74, 6) is 0. The molecule has 1 heterocycles. The fraction of sp³-hybridized carbons (Fsp3) is 0.583. The predicted octanol–water partition coefficient (Wildman–Crippen LogP) is 3.19. The number of aliphatic hydroxyl groups is 2. The molecule has 2 atom stereocenters. The Morgan fingerprint density at radius 3 is 2.50 bits per heavy atom. The zero-order valence-electron chi connectivity index (χ0n) is 11.3. The lowest BCUT2D eigenvalue weighted by Gasteiger charge is -2.21. The molecule has 2 unspecified atom stereocenters. The Morgan fingerprint density at radius 1 is 1.45 bits per heavy atom. The van der Waals surface area contributed by atoms with E-state index in [1.165, 1.54) is 11.3 Å². The highest BCUT2D eigenvalue weighted by Crippen LogP contribution is 2.36. The lowest BCUT2D eigenvalue weighted by Crippen LogP contribution is -2.38. The van der Waals surface area contributed by atoms with Gasteiger partial charge in [0, 0.05) is 15.9 Å². The van der Waals surface area contributed by atoms with E-state index in [0.29, 0.717) is 4.88 Å². The van der Waals surface area contributed by atoms with Gasteiger partial charge in [-0.25, -0.2) is 4.79 Å². The summed E-state index contributed by atoms with van der Waals surface area (Å²) in [5.41, 5.74) is -0.600. The molecule has 0 saturated carbocycles. The molecule has 20 heavy (non-hydrogen) atoms. The number of nitrogens with one attached hydrogen (secondary N) is 1. The van der Waals surface area contributed by atoms with E-state index in [9.17, 15) is 15.0 Å². The van der Waals surface area contributed by atoms with Crippen LogP contribution >= 0.6 is 43.2 Å². The van der Waals surface area contributed by atoms with Crippen molar-refractivity contribution in [1.82, 2.24) is 5.32 Å². The quantitative estimate of drug-likeness (QED) is 0.685. The maximum Gasteiger partial charge on any atom is 0.407 e. The summed E-state index contributed by atoms with van der Waals surface area (Å²) in [6.45, 7) is 5.15. The van der Waals surface area contributed by atoms with Crippen molar-refractivity contribution in [2.45, 2.75) is 38.6 Å². The zero-order chi connectivity index (χ0) is 15.5. The lowest BCUT2D eigenvalue weighted by molar-refractivity contribution is 0.0146. The van der Waals surface area contributed by atoms with Crippen molar-refractivity contribution >= 4 is 49.3 Å². The van der Waals surface area contributed by atoms with Gasteiger partial charge in [-0.3, -0.25) is 0 Å². The van der Waals surface area contributed by atoms with Crippen molar-refractivity contribution in [3.8, 4) is 0 Å². The van der Waals surface area contributed by atoms with Gasteiger partial charge >= 0.3 is 6.09 Å². The summed E-state index contributed by atoms with van der Waals surface area (Å²) in [5, 5.41) is 22.3. The molecule has 3 N–H and O–H groups in total. The second-order valence-electron chi connectivity index (χ2n) is 5.17. The van der Waals surface area contributed by atoms with Crippen LogP contribution in [0.1, 0.15) is 31.8 Å². The standard InChI is InChI=1S/C12H17Br2NO4S/c1-12(2,3)19-11(18)15-5-7(16)9(17)8-4-6(13)10(14)20-8/h4,7,9,16-17H,5H2,1-3H3,(H,15,18). The Labute approximate surface area is 138 Å². The second kappa shape index (κ2) is 7.22. The van der Waals surface area contributed by atoms with Gasteiger partial charge in [-0.1, -0.05) is 0 Å². The Hall–Kier alpha value is -0.150. The molecule has 0 aliphatic heterocycles. The van der Waals surface area contributed by atoms with Crippen LogP contribution in [0.4, 0.5) is 4.79 Å². The van der Waals surface area contributed by atoms with Gasteiger partial charge in [-0.05, 0) is 58.7 Å². The number of alkyl carbamates (subject to hydrolysis) is 1. The van der Waals surface area contributed by atoms with Crippen LogP contribution in [0.3, 0.4) is 0 Å². The van der Waals surface area contributed by atoms with Gasteiger partial charge in [0.15, 0.2) is 0 Å². The topological polar surface area (TPSA) is 78.8 Å². The molecule has 5 nitrogen and oxygen atoms in total. The third kappa shape index (κ3) is 5.69. The molecule has 0 bridgehead atoms. The first kappa shape index (κ1) is 17.9. The number of hydrogen-bond acceptors (Lipinski definition) is 5. The number of rotatable bonds is 4. The third-order valence-electron chi connectivity index (χ3n) is 2.17. The van der Waals surface area contributed by atoms with Gasteiger partial charge in [-0.15, -0.1) is 11.3 Å². The SMILES string of the molecule is CC(C)(C)OC(=O)NCC(O)C(O)c1cc(Br)c(Br)s1. The highest BCUT2D eigenvalue weighted by molar-refractivity contribution is 9.13. The largest absolute Gasteiger partial charge is 0.444 e. The minimum Gasteiger partial charge on any atom is -0.444 e. The highest BCUT2D eigenvalue weighted by Gasteiger charge is 2.23. The Bertz CT molecular complexity index is 453. The zero-order valence-corrected chi connectivity index (χ0v) is 15.3. The van der Waals surface area contributed by atoms with Gasteiger partial charge in [0.1, 0.15) is 17.8 Å². The first-order valence-electron chi connectivity index (χ1n) is 5.88. The summed E-state index contributed by atoms with van der Waals surface area (Å²) < 4.78 is 6.68. The molecule has 0 aromatic carbocycles. The van der Waals surface area contributed by atoms with Crippen LogP contribution in [-0.4, -0.2) is 34.6 Å². The van der Waals surface area contributed by atoms with Crippen molar-refractivity contribution in [2.75, 3.05) is 6.54 Å². The normalized spacial score (nSPS) is 14.8. The lowest BCUT2D eigenvalue weighted by atomic mass is 10.1. The van der Waals surface area contributed by atoms with E-state index in [1.807, 2.05) is 0 Å². The fourth-order valence-electron chi connectivity index (χ4n) is 1.31. The molecule has 0 spiro atoms.